The number of nitrogens with zero attached hydrogens (tertiary/aromatic N) is 4. The van der Waals surface area contributed by atoms with Crippen molar-refractivity contribution in [3.8, 4) is 34.1 Å². The Bertz CT molecular complexity index is 1620. The molecule has 0 aliphatic carbocycles. The van der Waals surface area contributed by atoms with E-state index < -0.39 is 0 Å². The van der Waals surface area contributed by atoms with Gasteiger partial charge in [-0.25, -0.2) is 9.97 Å². The molecule has 0 unspecified atom stereocenters. The lowest BCUT2D eigenvalue weighted by Gasteiger charge is -2.09. The molecule has 0 aliphatic heterocycles. The number of carbonyl (C=O) groups is 1. The number of nitrogens with one attached hydrogen (secondary N) is 2. The monoisotopic (exact) mass is 496 g/mol. The average molecular weight is 497 g/mol. The zero-order valence-electron chi connectivity index (χ0n) is 21.2. The van der Waals surface area contributed by atoms with E-state index in [0.29, 0.717) is 34.9 Å². The molecule has 0 saturated carbocycles. The summed E-state index contributed by atoms with van der Waals surface area (Å²) in [5.74, 6) is 0.879. The molecule has 0 spiro atoms. The molecule has 3 N–H and O–H groups in total. The minimum atomic E-state index is -0.192. The number of pyridine rings is 1. The number of rotatable bonds is 7. The number of hydrogen-bond acceptors (Lipinski definition) is 6. The summed E-state index contributed by atoms with van der Waals surface area (Å²) in [7, 11) is 1.57. The molecule has 9 nitrogen and oxygen atoms in total. The Morgan fingerprint density at radius 1 is 1.14 bits per heavy atom. The highest BCUT2D eigenvalue weighted by atomic mass is 16.5. The lowest BCUT2D eigenvalue weighted by molar-refractivity contribution is 0.0951. The summed E-state index contributed by atoms with van der Waals surface area (Å²) in [4.78, 5) is 25.1. The van der Waals surface area contributed by atoms with Crippen molar-refractivity contribution in [3.63, 3.8) is 0 Å². The highest BCUT2D eigenvalue weighted by Crippen LogP contribution is 2.35. The van der Waals surface area contributed by atoms with Crippen LogP contribution in [0, 0.1) is 13.8 Å². The first-order valence-corrected chi connectivity index (χ1v) is 12.0. The van der Waals surface area contributed by atoms with Crippen molar-refractivity contribution in [2.75, 3.05) is 7.11 Å². The van der Waals surface area contributed by atoms with Gasteiger partial charge in [-0.2, -0.15) is 5.10 Å². The third-order valence-corrected chi connectivity index (χ3v) is 6.53. The van der Waals surface area contributed by atoms with Crippen LogP contribution in [0.4, 0.5) is 0 Å². The van der Waals surface area contributed by atoms with Gasteiger partial charge in [0.2, 0.25) is 5.88 Å². The van der Waals surface area contributed by atoms with Gasteiger partial charge in [-0.3, -0.25) is 9.48 Å². The number of phenols is 1. The normalized spacial score (nSPS) is 11.1. The fraction of sp³-hybridized carbons (Fsp3) is 0.214. The van der Waals surface area contributed by atoms with Crippen molar-refractivity contribution in [2.24, 2.45) is 0 Å². The third kappa shape index (κ3) is 4.51. The van der Waals surface area contributed by atoms with Gasteiger partial charge in [0.05, 0.1) is 29.4 Å². The molecule has 5 rings (SSSR count). The van der Waals surface area contributed by atoms with Crippen molar-refractivity contribution in [1.29, 1.82) is 0 Å². The van der Waals surface area contributed by atoms with Gasteiger partial charge in [0.1, 0.15) is 11.6 Å². The fourth-order valence-electron chi connectivity index (χ4n) is 4.51. The molecule has 0 atom stereocenters. The number of H-pyrrole nitrogens is 1. The molecule has 3 heterocycles. The average Bonchev–Trinajstić information content (AvgIpc) is 3.46. The molecule has 37 heavy (non-hydrogen) atoms. The van der Waals surface area contributed by atoms with Gasteiger partial charge in [0, 0.05) is 41.7 Å². The summed E-state index contributed by atoms with van der Waals surface area (Å²) in [5, 5.41) is 18.1. The molecular weight excluding hydrogens is 468 g/mol. The number of aryl methyl sites for hydroxylation is 2. The standard InChI is InChI=1S/C28H28N6O3/c1-5-34-17(3)22(16(2)33-34)15-30-27(36)19-8-10-23-24(14-19)32-26(31-23)21-13-18(9-11-25(21)35)20-7-6-12-29-28(20)37-4/h6-14,35H,5,15H2,1-4H3,(H,30,36)(H,31,32). The minimum absolute atomic E-state index is 0.0852. The first-order chi connectivity index (χ1) is 17.9. The summed E-state index contributed by atoms with van der Waals surface area (Å²) in [6.45, 7) is 7.19. The summed E-state index contributed by atoms with van der Waals surface area (Å²) < 4.78 is 7.32. The number of carbonyl (C=O) groups excluding carboxylic acids is 1. The van der Waals surface area contributed by atoms with Gasteiger partial charge >= 0.3 is 0 Å². The first kappa shape index (κ1) is 24.1. The molecule has 0 bridgehead atoms. The van der Waals surface area contributed by atoms with Gasteiger partial charge in [-0.15, -0.1) is 0 Å². The van der Waals surface area contributed by atoms with Crippen LogP contribution < -0.4 is 10.1 Å². The van der Waals surface area contributed by atoms with Crippen LogP contribution in [0.15, 0.2) is 54.7 Å². The van der Waals surface area contributed by atoms with Crippen molar-refractivity contribution in [3.05, 3.63) is 77.2 Å². The van der Waals surface area contributed by atoms with Crippen molar-refractivity contribution < 1.29 is 14.6 Å². The van der Waals surface area contributed by atoms with Gasteiger partial charge in [-0.1, -0.05) is 6.07 Å². The second-order valence-electron chi connectivity index (χ2n) is 8.76. The van der Waals surface area contributed by atoms with Crippen LogP contribution in [0.2, 0.25) is 0 Å². The van der Waals surface area contributed by atoms with Crippen LogP contribution in [0.1, 0.15) is 34.2 Å². The van der Waals surface area contributed by atoms with Gasteiger partial charge in [0.25, 0.3) is 5.91 Å². The quantitative estimate of drug-likeness (QED) is 0.299. The smallest absolute Gasteiger partial charge is 0.251 e. The van der Waals surface area contributed by atoms with E-state index in [2.05, 4.69) is 25.4 Å². The summed E-state index contributed by atoms with van der Waals surface area (Å²) in [5.41, 5.74) is 7.04. The lowest BCUT2D eigenvalue weighted by Crippen LogP contribution is -2.23. The second-order valence-corrected chi connectivity index (χ2v) is 8.76. The molecule has 188 valence electrons. The van der Waals surface area contributed by atoms with E-state index in [4.69, 9.17) is 4.74 Å². The van der Waals surface area contributed by atoms with E-state index in [1.807, 2.05) is 49.7 Å². The largest absolute Gasteiger partial charge is 0.507 e. The van der Waals surface area contributed by atoms with E-state index in [-0.39, 0.29) is 11.7 Å². The van der Waals surface area contributed by atoms with E-state index in [1.165, 1.54) is 0 Å². The Kier molecular flexibility index (Phi) is 6.35. The Morgan fingerprint density at radius 2 is 1.97 bits per heavy atom. The Balaban J connectivity index is 1.42. The highest BCUT2D eigenvalue weighted by Gasteiger charge is 2.16. The second kappa shape index (κ2) is 9.77. The van der Waals surface area contributed by atoms with Crippen LogP contribution >= 0.6 is 0 Å². The minimum Gasteiger partial charge on any atom is -0.507 e. The number of aromatic hydroxyl groups is 1. The fourth-order valence-corrected chi connectivity index (χ4v) is 4.51. The number of aromatic amines is 1. The number of fused-ring (bicyclic) bond motifs is 1. The number of benzene rings is 2. The number of amides is 1. The Morgan fingerprint density at radius 3 is 2.73 bits per heavy atom. The third-order valence-electron chi connectivity index (χ3n) is 6.53. The molecule has 0 radical (unpaired) electrons. The molecule has 0 fully saturated rings. The van der Waals surface area contributed by atoms with E-state index in [9.17, 15) is 9.90 Å². The predicted molar refractivity (Wildman–Crippen MR) is 142 cm³/mol. The number of imidazole rings is 1. The molecule has 1 amide bonds. The van der Waals surface area contributed by atoms with Crippen LogP contribution in [0.25, 0.3) is 33.5 Å². The maximum Gasteiger partial charge on any atom is 0.251 e. The Hall–Kier alpha value is -4.66. The highest BCUT2D eigenvalue weighted by molar-refractivity contribution is 5.97. The molecule has 5 aromatic rings. The number of ether oxygens (including phenoxy) is 1. The van der Waals surface area contributed by atoms with Crippen molar-refractivity contribution >= 4 is 16.9 Å². The van der Waals surface area contributed by atoms with Crippen molar-refractivity contribution in [1.82, 2.24) is 30.0 Å². The number of phenolic OH excluding ortho intramolecular Hbond substituents is 1. The zero-order valence-corrected chi connectivity index (χ0v) is 21.2. The van der Waals surface area contributed by atoms with Crippen LogP contribution in [-0.4, -0.2) is 42.9 Å². The van der Waals surface area contributed by atoms with E-state index in [1.54, 1.807) is 37.6 Å². The number of methoxy groups -OCH3 is 1. The number of aromatic nitrogens is 5. The summed E-state index contributed by atoms with van der Waals surface area (Å²) in [6.07, 6.45) is 1.66. The van der Waals surface area contributed by atoms with Crippen LogP contribution in [-0.2, 0) is 13.1 Å². The van der Waals surface area contributed by atoms with Crippen LogP contribution in [0.3, 0.4) is 0 Å². The maximum absolute atomic E-state index is 12.9. The molecule has 2 aromatic carbocycles. The molecule has 9 heteroatoms. The Labute approximate surface area is 214 Å². The van der Waals surface area contributed by atoms with Crippen LogP contribution in [0.5, 0.6) is 11.6 Å². The lowest BCUT2D eigenvalue weighted by atomic mass is 10.0. The first-order valence-electron chi connectivity index (χ1n) is 12.0. The maximum atomic E-state index is 12.9. The van der Waals surface area contributed by atoms with E-state index >= 15 is 0 Å². The van der Waals surface area contributed by atoms with E-state index in [0.717, 1.165) is 40.1 Å². The molecule has 0 aliphatic rings. The molecule has 3 aromatic heterocycles. The van der Waals surface area contributed by atoms with Gasteiger partial charge in [-0.05, 0) is 68.8 Å². The molecule has 0 saturated heterocycles. The van der Waals surface area contributed by atoms with Gasteiger partial charge < -0.3 is 20.1 Å². The van der Waals surface area contributed by atoms with Gasteiger partial charge in [0.15, 0.2) is 0 Å². The summed E-state index contributed by atoms with van der Waals surface area (Å²) >= 11 is 0. The van der Waals surface area contributed by atoms with Crippen molar-refractivity contribution in [2.45, 2.75) is 33.9 Å². The SMILES string of the molecule is CCn1nc(C)c(CNC(=O)c2ccc3[nH]c(-c4cc(-c5cccnc5OC)ccc4O)nc3c2)c1C. The topological polar surface area (TPSA) is 118 Å². The predicted octanol–water partition coefficient (Wildman–Crippen LogP) is 4.77. The summed E-state index contributed by atoms with van der Waals surface area (Å²) in [6, 6.07) is 14.3. The molecular formula is C28H28N6O3. The number of hydrogen-bond donors (Lipinski definition) is 3. The zero-order chi connectivity index (χ0) is 26.1.